The molecule has 0 aliphatic heterocycles. The summed E-state index contributed by atoms with van der Waals surface area (Å²) in [7, 11) is 3.65. The van der Waals surface area contributed by atoms with E-state index in [0.717, 1.165) is 12.8 Å². The predicted molar refractivity (Wildman–Crippen MR) is 67.9 cm³/mol. The van der Waals surface area contributed by atoms with Gasteiger partial charge in [0.05, 0.1) is 0 Å². The molecule has 0 spiro atoms. The highest BCUT2D eigenvalue weighted by Crippen LogP contribution is 2.19. The lowest BCUT2D eigenvalue weighted by atomic mass is 9.91. The molecule has 0 fully saturated rings. The van der Waals surface area contributed by atoms with Crippen LogP contribution in [0, 0.1) is 11.8 Å². The molecule has 92 valence electrons. The molecule has 0 aliphatic carbocycles. The summed E-state index contributed by atoms with van der Waals surface area (Å²) >= 11 is 0. The highest BCUT2D eigenvalue weighted by Gasteiger charge is 2.14. The third-order valence-corrected chi connectivity index (χ3v) is 2.34. The molecule has 0 rings (SSSR count). The fourth-order valence-electron chi connectivity index (χ4n) is 1.49. The van der Waals surface area contributed by atoms with Crippen LogP contribution in [-0.2, 0) is 4.79 Å². The topological polar surface area (TPSA) is 20.3 Å². The van der Waals surface area contributed by atoms with Crippen molar-refractivity contribution in [2.75, 3.05) is 14.1 Å². The van der Waals surface area contributed by atoms with E-state index < -0.39 is 0 Å². The van der Waals surface area contributed by atoms with Crippen molar-refractivity contribution in [3.63, 3.8) is 0 Å². The lowest BCUT2D eigenvalue weighted by Crippen LogP contribution is -2.24. The number of carbonyl (C=O) groups is 1. The lowest BCUT2D eigenvalue weighted by molar-refractivity contribution is -0.129. The van der Waals surface area contributed by atoms with Crippen LogP contribution in [-0.4, -0.2) is 24.9 Å². The van der Waals surface area contributed by atoms with Crippen molar-refractivity contribution in [2.45, 2.75) is 53.9 Å². The van der Waals surface area contributed by atoms with Crippen molar-refractivity contribution >= 4 is 5.91 Å². The molecule has 0 aromatic carbocycles. The SMILES string of the molecule is CC.CCC(CC(=O)N(C)C)CC(C)C. The summed E-state index contributed by atoms with van der Waals surface area (Å²) in [6.07, 6.45) is 2.98. The van der Waals surface area contributed by atoms with E-state index in [0.29, 0.717) is 18.3 Å². The maximum absolute atomic E-state index is 11.4. The fourth-order valence-corrected chi connectivity index (χ4v) is 1.49. The highest BCUT2D eigenvalue weighted by molar-refractivity contribution is 5.75. The molecule has 0 saturated carbocycles. The Labute approximate surface area is 96.0 Å². The van der Waals surface area contributed by atoms with E-state index in [9.17, 15) is 4.79 Å². The minimum absolute atomic E-state index is 0.257. The van der Waals surface area contributed by atoms with Crippen molar-refractivity contribution in [3.8, 4) is 0 Å². The zero-order valence-corrected chi connectivity index (χ0v) is 11.6. The smallest absolute Gasteiger partial charge is 0.222 e. The summed E-state index contributed by atoms with van der Waals surface area (Å²) in [5.41, 5.74) is 0. The monoisotopic (exact) mass is 215 g/mol. The van der Waals surface area contributed by atoms with Crippen LogP contribution in [0.15, 0.2) is 0 Å². The van der Waals surface area contributed by atoms with E-state index in [4.69, 9.17) is 0 Å². The minimum atomic E-state index is 0.257. The summed E-state index contributed by atoms with van der Waals surface area (Å²) in [5.74, 6) is 1.52. The van der Waals surface area contributed by atoms with E-state index in [1.807, 2.05) is 27.9 Å². The number of hydrogen-bond acceptors (Lipinski definition) is 1. The van der Waals surface area contributed by atoms with Crippen molar-refractivity contribution in [2.24, 2.45) is 11.8 Å². The van der Waals surface area contributed by atoms with E-state index in [1.165, 1.54) is 0 Å². The zero-order valence-electron chi connectivity index (χ0n) is 11.6. The molecular weight excluding hydrogens is 186 g/mol. The van der Waals surface area contributed by atoms with Gasteiger partial charge in [-0.05, 0) is 18.3 Å². The lowest BCUT2D eigenvalue weighted by Gasteiger charge is -2.18. The molecule has 0 saturated heterocycles. The van der Waals surface area contributed by atoms with Gasteiger partial charge in [0.15, 0.2) is 0 Å². The van der Waals surface area contributed by atoms with Gasteiger partial charge < -0.3 is 4.90 Å². The first-order valence-corrected chi connectivity index (χ1v) is 6.17. The molecule has 15 heavy (non-hydrogen) atoms. The summed E-state index contributed by atoms with van der Waals surface area (Å²) in [6.45, 7) is 10.6. The van der Waals surface area contributed by atoms with Crippen LogP contribution in [0.2, 0.25) is 0 Å². The van der Waals surface area contributed by atoms with E-state index in [1.54, 1.807) is 4.90 Å². The van der Waals surface area contributed by atoms with Gasteiger partial charge >= 0.3 is 0 Å². The first-order chi connectivity index (χ1) is 6.97. The first-order valence-electron chi connectivity index (χ1n) is 6.17. The standard InChI is InChI=1S/C11H23NO.C2H6/c1-6-10(7-9(2)3)8-11(13)12(4)5;1-2/h9-10H,6-8H2,1-5H3;1-2H3. The fraction of sp³-hybridized carbons (Fsp3) is 0.923. The Kier molecular flexibility index (Phi) is 11.3. The van der Waals surface area contributed by atoms with Gasteiger partial charge in [-0.3, -0.25) is 4.79 Å². The van der Waals surface area contributed by atoms with Gasteiger partial charge in [0.1, 0.15) is 0 Å². The van der Waals surface area contributed by atoms with E-state index in [2.05, 4.69) is 20.8 Å². The van der Waals surface area contributed by atoms with Crippen molar-refractivity contribution < 1.29 is 4.79 Å². The maximum Gasteiger partial charge on any atom is 0.222 e. The molecule has 0 aromatic rings. The molecule has 0 aliphatic rings. The number of hydrogen-bond donors (Lipinski definition) is 0. The quantitative estimate of drug-likeness (QED) is 0.686. The summed E-state index contributed by atoms with van der Waals surface area (Å²) in [4.78, 5) is 13.1. The molecule has 0 heterocycles. The second-order valence-corrected chi connectivity index (χ2v) is 4.40. The molecule has 1 amide bonds. The molecule has 0 N–H and O–H groups in total. The third-order valence-electron chi connectivity index (χ3n) is 2.34. The number of carbonyl (C=O) groups excluding carboxylic acids is 1. The molecule has 0 aromatic heterocycles. The van der Waals surface area contributed by atoms with Crippen LogP contribution in [0.4, 0.5) is 0 Å². The Morgan fingerprint density at radius 2 is 1.67 bits per heavy atom. The Balaban J connectivity index is 0. The molecule has 1 atom stereocenters. The Hall–Kier alpha value is -0.530. The molecule has 0 radical (unpaired) electrons. The van der Waals surface area contributed by atoms with Crippen LogP contribution >= 0.6 is 0 Å². The normalized spacial score (nSPS) is 11.7. The molecule has 2 heteroatoms. The predicted octanol–water partition coefficient (Wildman–Crippen LogP) is 3.56. The zero-order chi connectivity index (χ0) is 12.4. The van der Waals surface area contributed by atoms with Crippen LogP contribution in [0.25, 0.3) is 0 Å². The third kappa shape index (κ3) is 9.77. The van der Waals surface area contributed by atoms with Crippen molar-refractivity contribution in [3.05, 3.63) is 0 Å². The Morgan fingerprint density at radius 3 is 1.93 bits per heavy atom. The average molecular weight is 215 g/mol. The summed E-state index contributed by atoms with van der Waals surface area (Å²) in [5, 5.41) is 0. The van der Waals surface area contributed by atoms with Crippen molar-refractivity contribution in [1.29, 1.82) is 0 Å². The van der Waals surface area contributed by atoms with Gasteiger partial charge in [-0.1, -0.05) is 41.0 Å². The molecule has 0 bridgehead atoms. The van der Waals surface area contributed by atoms with Crippen LogP contribution in [0.3, 0.4) is 0 Å². The molecule has 1 unspecified atom stereocenters. The van der Waals surface area contributed by atoms with Gasteiger partial charge in [0, 0.05) is 20.5 Å². The average Bonchev–Trinajstić information content (AvgIpc) is 2.18. The largest absolute Gasteiger partial charge is 0.349 e. The van der Waals surface area contributed by atoms with Gasteiger partial charge in [-0.15, -0.1) is 0 Å². The molecule has 2 nitrogen and oxygen atoms in total. The van der Waals surface area contributed by atoms with Gasteiger partial charge in [0.25, 0.3) is 0 Å². The van der Waals surface area contributed by atoms with Crippen LogP contribution in [0.1, 0.15) is 53.9 Å². The van der Waals surface area contributed by atoms with Crippen molar-refractivity contribution in [1.82, 2.24) is 4.90 Å². The van der Waals surface area contributed by atoms with E-state index >= 15 is 0 Å². The molecular formula is C13H29NO. The van der Waals surface area contributed by atoms with Crippen LogP contribution in [0.5, 0.6) is 0 Å². The number of rotatable bonds is 5. The van der Waals surface area contributed by atoms with E-state index in [-0.39, 0.29) is 5.91 Å². The Bertz CT molecular complexity index is 153. The maximum atomic E-state index is 11.4. The Morgan fingerprint density at radius 1 is 1.20 bits per heavy atom. The summed E-state index contributed by atoms with van der Waals surface area (Å²) < 4.78 is 0. The second kappa shape index (κ2) is 10.0. The van der Waals surface area contributed by atoms with Gasteiger partial charge in [0.2, 0.25) is 5.91 Å². The number of nitrogens with zero attached hydrogens (tertiary/aromatic N) is 1. The van der Waals surface area contributed by atoms with Crippen LogP contribution < -0.4 is 0 Å². The number of amides is 1. The highest BCUT2D eigenvalue weighted by atomic mass is 16.2. The first kappa shape index (κ1) is 16.9. The van der Waals surface area contributed by atoms with Gasteiger partial charge in [-0.25, -0.2) is 0 Å². The second-order valence-electron chi connectivity index (χ2n) is 4.40. The summed E-state index contributed by atoms with van der Waals surface area (Å²) in [6, 6.07) is 0. The van der Waals surface area contributed by atoms with Gasteiger partial charge in [-0.2, -0.15) is 0 Å². The minimum Gasteiger partial charge on any atom is -0.349 e.